The molecule has 3 rings (SSSR count). The van der Waals surface area contributed by atoms with Crippen molar-refractivity contribution in [1.29, 1.82) is 0 Å². The molecular weight excluding hydrogens is 241 g/mol. The van der Waals surface area contributed by atoms with E-state index in [2.05, 4.69) is 5.32 Å². The van der Waals surface area contributed by atoms with Gasteiger partial charge in [0.25, 0.3) is 0 Å². The highest BCUT2D eigenvalue weighted by atomic mass is 19.1. The normalized spacial score (nSPS) is 29.8. The molecule has 0 radical (unpaired) electrons. The van der Waals surface area contributed by atoms with Crippen LogP contribution in [0.4, 0.5) is 4.39 Å². The summed E-state index contributed by atoms with van der Waals surface area (Å²) >= 11 is 0. The van der Waals surface area contributed by atoms with Crippen LogP contribution in [0.25, 0.3) is 0 Å². The van der Waals surface area contributed by atoms with E-state index in [4.69, 9.17) is 4.74 Å². The Morgan fingerprint density at radius 2 is 1.84 bits per heavy atom. The van der Waals surface area contributed by atoms with E-state index in [1.807, 2.05) is 19.2 Å². The first-order chi connectivity index (χ1) is 9.26. The van der Waals surface area contributed by atoms with Crippen molar-refractivity contribution in [3.8, 4) is 0 Å². The lowest BCUT2D eigenvalue weighted by Gasteiger charge is -2.50. The van der Waals surface area contributed by atoms with Crippen molar-refractivity contribution in [3.63, 3.8) is 0 Å². The Morgan fingerprint density at radius 3 is 2.37 bits per heavy atom. The average Bonchev–Trinajstić information content (AvgIpc) is 2.40. The lowest BCUT2D eigenvalue weighted by Crippen LogP contribution is -2.54. The van der Waals surface area contributed by atoms with E-state index < -0.39 is 0 Å². The molecule has 1 aromatic rings. The molecule has 1 aliphatic carbocycles. The van der Waals surface area contributed by atoms with Crippen LogP contribution in [0.2, 0.25) is 0 Å². The van der Waals surface area contributed by atoms with Crippen LogP contribution < -0.4 is 5.32 Å². The third-order valence-corrected chi connectivity index (χ3v) is 5.05. The Hall–Kier alpha value is -0.930. The van der Waals surface area contributed by atoms with Gasteiger partial charge in [0.05, 0.1) is 13.2 Å². The topological polar surface area (TPSA) is 21.3 Å². The van der Waals surface area contributed by atoms with Gasteiger partial charge in [0.15, 0.2) is 0 Å². The van der Waals surface area contributed by atoms with E-state index in [0.717, 1.165) is 5.56 Å². The van der Waals surface area contributed by atoms with Gasteiger partial charge in [0, 0.05) is 11.5 Å². The molecule has 1 aromatic carbocycles. The zero-order chi connectivity index (χ0) is 13.3. The van der Waals surface area contributed by atoms with Gasteiger partial charge >= 0.3 is 0 Å². The van der Waals surface area contributed by atoms with Gasteiger partial charge in [0.2, 0.25) is 0 Å². The number of nitrogens with one attached hydrogen (secondary N) is 1. The van der Waals surface area contributed by atoms with Gasteiger partial charge in [-0.15, -0.1) is 0 Å². The SMILES string of the molecule is CNC1CCC(C2(c3ccccc3F)COC2)CC1. The maximum atomic E-state index is 14.1. The summed E-state index contributed by atoms with van der Waals surface area (Å²) in [6, 6.07) is 7.87. The molecule has 2 fully saturated rings. The molecular formula is C16H22FNO. The van der Waals surface area contributed by atoms with Gasteiger partial charge in [-0.3, -0.25) is 0 Å². The average molecular weight is 263 g/mol. The first-order valence-corrected chi connectivity index (χ1v) is 7.26. The Labute approximate surface area is 114 Å². The van der Waals surface area contributed by atoms with Crippen molar-refractivity contribution in [2.45, 2.75) is 37.1 Å². The van der Waals surface area contributed by atoms with E-state index in [9.17, 15) is 4.39 Å². The second kappa shape index (κ2) is 5.22. The number of hydrogen-bond acceptors (Lipinski definition) is 2. The second-order valence-corrected chi connectivity index (χ2v) is 5.97. The quantitative estimate of drug-likeness (QED) is 0.905. The van der Waals surface area contributed by atoms with Crippen LogP contribution in [-0.2, 0) is 10.2 Å². The molecule has 1 heterocycles. The minimum absolute atomic E-state index is 0.0654. The smallest absolute Gasteiger partial charge is 0.127 e. The Balaban J connectivity index is 1.82. The van der Waals surface area contributed by atoms with Gasteiger partial charge in [-0.1, -0.05) is 18.2 Å². The standard InChI is InChI=1S/C16H22FNO/c1-18-13-8-6-12(7-9-13)16(10-19-11-16)14-4-2-3-5-15(14)17/h2-5,12-13,18H,6-11H2,1H3. The highest BCUT2D eigenvalue weighted by Gasteiger charge is 2.48. The molecule has 1 N–H and O–H groups in total. The van der Waals surface area contributed by atoms with Gasteiger partial charge in [0.1, 0.15) is 5.82 Å². The Morgan fingerprint density at radius 1 is 1.16 bits per heavy atom. The van der Waals surface area contributed by atoms with Crippen LogP contribution in [0.1, 0.15) is 31.2 Å². The third-order valence-electron chi connectivity index (χ3n) is 5.05. The molecule has 1 saturated carbocycles. The van der Waals surface area contributed by atoms with Crippen LogP contribution >= 0.6 is 0 Å². The predicted octanol–water partition coefficient (Wildman–Crippen LogP) is 2.87. The minimum atomic E-state index is -0.0680. The van der Waals surface area contributed by atoms with Crippen LogP contribution in [-0.4, -0.2) is 26.3 Å². The number of rotatable bonds is 3. The Kier molecular flexibility index (Phi) is 3.59. The maximum Gasteiger partial charge on any atom is 0.127 e. The summed E-state index contributed by atoms with van der Waals surface area (Å²) in [5.74, 6) is 0.490. The molecule has 0 amide bonds. The van der Waals surface area contributed by atoms with Gasteiger partial charge < -0.3 is 10.1 Å². The van der Waals surface area contributed by atoms with Crippen LogP contribution in [0, 0.1) is 11.7 Å². The predicted molar refractivity (Wildman–Crippen MR) is 73.7 cm³/mol. The first kappa shape index (κ1) is 13.1. The highest BCUT2D eigenvalue weighted by molar-refractivity contribution is 5.31. The minimum Gasteiger partial charge on any atom is -0.379 e. The molecule has 0 atom stereocenters. The molecule has 2 aliphatic rings. The molecule has 0 aromatic heterocycles. The molecule has 2 nitrogen and oxygen atoms in total. The molecule has 0 unspecified atom stereocenters. The van der Waals surface area contributed by atoms with Crippen LogP contribution in [0.15, 0.2) is 24.3 Å². The summed E-state index contributed by atoms with van der Waals surface area (Å²) in [7, 11) is 2.03. The first-order valence-electron chi connectivity index (χ1n) is 7.26. The second-order valence-electron chi connectivity index (χ2n) is 5.97. The summed E-state index contributed by atoms with van der Waals surface area (Å²) in [5.41, 5.74) is 0.804. The molecule has 19 heavy (non-hydrogen) atoms. The van der Waals surface area contributed by atoms with Gasteiger partial charge in [-0.25, -0.2) is 4.39 Å². The molecule has 0 spiro atoms. The van der Waals surface area contributed by atoms with Crippen molar-refractivity contribution in [2.75, 3.05) is 20.3 Å². The van der Waals surface area contributed by atoms with E-state index in [0.29, 0.717) is 25.2 Å². The molecule has 3 heteroatoms. The van der Waals surface area contributed by atoms with Crippen molar-refractivity contribution in [3.05, 3.63) is 35.6 Å². The number of halogens is 1. The monoisotopic (exact) mass is 263 g/mol. The molecule has 1 saturated heterocycles. The fourth-order valence-corrected chi connectivity index (χ4v) is 3.73. The fraction of sp³-hybridized carbons (Fsp3) is 0.625. The lowest BCUT2D eigenvalue weighted by atomic mass is 9.63. The van der Waals surface area contributed by atoms with E-state index in [1.165, 1.54) is 25.7 Å². The Bertz CT molecular complexity index is 436. The number of hydrogen-bond donors (Lipinski definition) is 1. The zero-order valence-electron chi connectivity index (χ0n) is 11.5. The summed E-state index contributed by atoms with van der Waals surface area (Å²) in [5, 5.41) is 3.36. The van der Waals surface area contributed by atoms with E-state index in [-0.39, 0.29) is 11.2 Å². The van der Waals surface area contributed by atoms with Crippen LogP contribution in [0.3, 0.4) is 0 Å². The third kappa shape index (κ3) is 2.19. The molecule has 104 valence electrons. The number of benzene rings is 1. The summed E-state index contributed by atoms with van der Waals surface area (Å²) < 4.78 is 19.6. The highest BCUT2D eigenvalue weighted by Crippen LogP contribution is 2.46. The van der Waals surface area contributed by atoms with Crippen molar-refractivity contribution in [1.82, 2.24) is 5.32 Å². The van der Waals surface area contributed by atoms with Crippen molar-refractivity contribution >= 4 is 0 Å². The lowest BCUT2D eigenvalue weighted by molar-refractivity contribution is -0.100. The van der Waals surface area contributed by atoms with Crippen molar-refractivity contribution < 1.29 is 9.13 Å². The van der Waals surface area contributed by atoms with Crippen LogP contribution in [0.5, 0.6) is 0 Å². The summed E-state index contributed by atoms with van der Waals surface area (Å²) in [4.78, 5) is 0. The fourth-order valence-electron chi connectivity index (χ4n) is 3.73. The zero-order valence-corrected chi connectivity index (χ0v) is 11.5. The largest absolute Gasteiger partial charge is 0.379 e. The van der Waals surface area contributed by atoms with Gasteiger partial charge in [-0.2, -0.15) is 0 Å². The summed E-state index contributed by atoms with van der Waals surface area (Å²) in [6.45, 7) is 1.37. The maximum absolute atomic E-state index is 14.1. The summed E-state index contributed by atoms with van der Waals surface area (Å²) in [6.07, 6.45) is 4.72. The van der Waals surface area contributed by atoms with Gasteiger partial charge in [-0.05, 0) is 50.3 Å². The van der Waals surface area contributed by atoms with E-state index in [1.54, 1.807) is 12.1 Å². The number of ether oxygens (including phenoxy) is 1. The molecule has 0 bridgehead atoms. The van der Waals surface area contributed by atoms with E-state index >= 15 is 0 Å². The molecule has 1 aliphatic heterocycles. The van der Waals surface area contributed by atoms with Crippen molar-refractivity contribution in [2.24, 2.45) is 5.92 Å².